The van der Waals surface area contributed by atoms with E-state index < -0.39 is 5.97 Å². The number of hydrogen-bond donors (Lipinski definition) is 2. The molecule has 1 atom stereocenters. The van der Waals surface area contributed by atoms with Gasteiger partial charge in [-0.05, 0) is 31.4 Å². The third-order valence-corrected chi connectivity index (χ3v) is 4.42. The second kappa shape index (κ2) is 8.67. The molecule has 0 radical (unpaired) electrons. The first-order chi connectivity index (χ1) is 11.1. The maximum Gasteiger partial charge on any atom is 0.317 e. The highest BCUT2D eigenvalue weighted by molar-refractivity contribution is 5.79. The second-order valence-electron chi connectivity index (χ2n) is 6.42. The molecule has 1 fully saturated rings. The summed E-state index contributed by atoms with van der Waals surface area (Å²) in [6.45, 7) is -0.0325. The lowest BCUT2D eigenvalue weighted by Gasteiger charge is -2.31. The molecule has 1 aliphatic rings. The molecule has 0 aromatic heterocycles. The van der Waals surface area contributed by atoms with Gasteiger partial charge in [-0.1, -0.05) is 49.6 Å². The highest BCUT2D eigenvalue weighted by Gasteiger charge is 2.26. The smallest absolute Gasteiger partial charge is 0.317 e. The van der Waals surface area contributed by atoms with E-state index in [4.69, 9.17) is 5.11 Å². The number of benzene rings is 1. The van der Waals surface area contributed by atoms with Crippen LogP contribution in [0.1, 0.15) is 43.7 Å². The number of likely N-dealkylation sites (N-methyl/N-ethyl adjacent to an activating group) is 1. The first-order valence-electron chi connectivity index (χ1n) is 8.31. The van der Waals surface area contributed by atoms with Crippen LogP contribution in [0, 0.1) is 5.92 Å². The molecule has 23 heavy (non-hydrogen) atoms. The van der Waals surface area contributed by atoms with Crippen molar-refractivity contribution in [3.63, 3.8) is 0 Å². The van der Waals surface area contributed by atoms with E-state index >= 15 is 0 Å². The highest BCUT2D eigenvalue weighted by atomic mass is 16.4. The average Bonchev–Trinajstić information content (AvgIpc) is 2.53. The molecule has 0 spiro atoms. The van der Waals surface area contributed by atoms with Crippen LogP contribution in [0.2, 0.25) is 0 Å². The normalized spacial score (nSPS) is 17.0. The Kier molecular flexibility index (Phi) is 6.59. The molecule has 1 aliphatic carbocycles. The zero-order chi connectivity index (χ0) is 16.7. The van der Waals surface area contributed by atoms with Gasteiger partial charge >= 0.3 is 5.97 Å². The minimum absolute atomic E-state index is 0.0160. The molecule has 1 aromatic rings. The minimum Gasteiger partial charge on any atom is -0.480 e. The fourth-order valence-electron chi connectivity index (χ4n) is 3.35. The van der Waals surface area contributed by atoms with Crippen molar-refractivity contribution in [2.24, 2.45) is 5.92 Å². The molecular weight excluding hydrogens is 292 g/mol. The lowest BCUT2D eigenvalue weighted by Crippen LogP contribution is -2.41. The lowest BCUT2D eigenvalue weighted by molar-refractivity contribution is -0.138. The number of carboxylic acids is 1. The molecule has 0 aliphatic heterocycles. The molecule has 0 heterocycles. The van der Waals surface area contributed by atoms with Gasteiger partial charge < -0.3 is 10.4 Å². The average molecular weight is 318 g/mol. The molecule has 126 valence electrons. The van der Waals surface area contributed by atoms with Crippen LogP contribution in [0.4, 0.5) is 0 Å². The number of rotatable bonds is 7. The van der Waals surface area contributed by atoms with Gasteiger partial charge in [-0.15, -0.1) is 0 Å². The van der Waals surface area contributed by atoms with E-state index in [9.17, 15) is 9.59 Å². The number of amides is 1. The van der Waals surface area contributed by atoms with Gasteiger partial charge in [-0.2, -0.15) is 0 Å². The molecule has 2 rings (SSSR count). The van der Waals surface area contributed by atoms with E-state index in [-0.39, 0.29) is 25.0 Å². The number of nitrogens with one attached hydrogen (secondary N) is 1. The molecule has 0 bridgehead atoms. The van der Waals surface area contributed by atoms with Crippen LogP contribution in [0.5, 0.6) is 0 Å². The van der Waals surface area contributed by atoms with Crippen molar-refractivity contribution in [2.75, 3.05) is 20.1 Å². The fraction of sp³-hybridized carbons (Fsp3) is 0.556. The number of nitrogens with zero attached hydrogens (tertiary/aromatic N) is 1. The molecule has 5 nitrogen and oxygen atoms in total. The zero-order valence-corrected chi connectivity index (χ0v) is 13.7. The van der Waals surface area contributed by atoms with Crippen LogP contribution in [0.15, 0.2) is 30.3 Å². The van der Waals surface area contributed by atoms with Gasteiger partial charge in [0.2, 0.25) is 5.91 Å². The predicted molar refractivity (Wildman–Crippen MR) is 89.0 cm³/mol. The Morgan fingerprint density at radius 1 is 1.17 bits per heavy atom. The predicted octanol–water partition coefficient (Wildman–Crippen LogP) is 2.44. The molecular formula is C18H26N2O3. The van der Waals surface area contributed by atoms with Gasteiger partial charge in [0.15, 0.2) is 0 Å². The highest BCUT2D eigenvalue weighted by Crippen LogP contribution is 2.34. The molecule has 1 aromatic carbocycles. The number of carboxylic acid groups (broad SMARTS) is 1. The SMILES string of the molecule is CN(CC(=O)O)CC(=O)NC(c1ccccc1)C1CCCCC1. The summed E-state index contributed by atoms with van der Waals surface area (Å²) in [5, 5.41) is 11.9. The maximum atomic E-state index is 12.3. The van der Waals surface area contributed by atoms with Crippen molar-refractivity contribution in [3.05, 3.63) is 35.9 Å². The second-order valence-corrected chi connectivity index (χ2v) is 6.42. The van der Waals surface area contributed by atoms with E-state index in [2.05, 4.69) is 17.4 Å². The van der Waals surface area contributed by atoms with Gasteiger partial charge in [-0.3, -0.25) is 14.5 Å². The molecule has 0 saturated heterocycles. The van der Waals surface area contributed by atoms with Crippen LogP contribution in [-0.4, -0.2) is 42.0 Å². The lowest BCUT2D eigenvalue weighted by atomic mass is 9.81. The summed E-state index contributed by atoms with van der Waals surface area (Å²) in [6, 6.07) is 10.1. The Morgan fingerprint density at radius 3 is 2.43 bits per heavy atom. The quantitative estimate of drug-likeness (QED) is 0.810. The van der Waals surface area contributed by atoms with E-state index in [1.807, 2.05) is 18.2 Å². The fourth-order valence-corrected chi connectivity index (χ4v) is 3.35. The van der Waals surface area contributed by atoms with E-state index in [1.165, 1.54) is 24.2 Å². The molecule has 1 unspecified atom stereocenters. The summed E-state index contributed by atoms with van der Waals surface area (Å²) in [7, 11) is 1.64. The Balaban J connectivity index is 2.02. The Bertz CT molecular complexity index is 512. The van der Waals surface area contributed by atoms with Gasteiger partial charge in [0.05, 0.1) is 19.1 Å². The molecule has 5 heteroatoms. The van der Waals surface area contributed by atoms with Gasteiger partial charge in [0.25, 0.3) is 0 Å². The molecule has 1 amide bonds. The first kappa shape index (κ1) is 17.5. The van der Waals surface area contributed by atoms with Crippen LogP contribution < -0.4 is 5.32 Å². The zero-order valence-electron chi connectivity index (χ0n) is 13.7. The van der Waals surface area contributed by atoms with Gasteiger partial charge in [-0.25, -0.2) is 0 Å². The van der Waals surface area contributed by atoms with E-state index in [0.29, 0.717) is 5.92 Å². The number of aliphatic carboxylic acids is 1. The summed E-state index contributed by atoms with van der Waals surface area (Å²) in [6.07, 6.45) is 5.95. The van der Waals surface area contributed by atoms with Gasteiger partial charge in [0.1, 0.15) is 0 Å². The largest absolute Gasteiger partial charge is 0.480 e. The van der Waals surface area contributed by atoms with Gasteiger partial charge in [0, 0.05) is 0 Å². The summed E-state index contributed by atoms with van der Waals surface area (Å²) in [4.78, 5) is 24.5. The Labute approximate surface area is 137 Å². The summed E-state index contributed by atoms with van der Waals surface area (Å²) in [5.74, 6) is -0.583. The summed E-state index contributed by atoms with van der Waals surface area (Å²) < 4.78 is 0. The van der Waals surface area contributed by atoms with E-state index in [0.717, 1.165) is 18.4 Å². The van der Waals surface area contributed by atoms with Crippen molar-refractivity contribution < 1.29 is 14.7 Å². The van der Waals surface area contributed by atoms with Crippen molar-refractivity contribution in [3.8, 4) is 0 Å². The summed E-state index contributed by atoms with van der Waals surface area (Å²) in [5.41, 5.74) is 1.13. The van der Waals surface area contributed by atoms with Crippen molar-refractivity contribution in [1.29, 1.82) is 0 Å². The Hall–Kier alpha value is -1.88. The number of carbonyl (C=O) groups is 2. The minimum atomic E-state index is -0.924. The number of carbonyl (C=O) groups excluding carboxylic acids is 1. The topological polar surface area (TPSA) is 69.6 Å². The maximum absolute atomic E-state index is 12.3. The van der Waals surface area contributed by atoms with Crippen molar-refractivity contribution >= 4 is 11.9 Å². The van der Waals surface area contributed by atoms with E-state index in [1.54, 1.807) is 7.05 Å². The van der Waals surface area contributed by atoms with Crippen molar-refractivity contribution in [1.82, 2.24) is 10.2 Å². The molecule has 2 N–H and O–H groups in total. The number of hydrogen-bond acceptors (Lipinski definition) is 3. The Morgan fingerprint density at radius 2 is 1.83 bits per heavy atom. The van der Waals surface area contributed by atoms with Crippen LogP contribution >= 0.6 is 0 Å². The standard InChI is InChI=1S/C18H26N2O3/c1-20(13-17(22)23)12-16(21)19-18(14-8-4-2-5-9-14)15-10-6-3-7-11-15/h2,4-5,8-9,15,18H,3,6-7,10-13H2,1H3,(H,19,21)(H,22,23). The molecule has 1 saturated carbocycles. The van der Waals surface area contributed by atoms with Crippen LogP contribution in [0.25, 0.3) is 0 Å². The van der Waals surface area contributed by atoms with Crippen LogP contribution in [0.3, 0.4) is 0 Å². The third-order valence-electron chi connectivity index (χ3n) is 4.42. The van der Waals surface area contributed by atoms with Crippen molar-refractivity contribution in [2.45, 2.75) is 38.1 Å². The summed E-state index contributed by atoms with van der Waals surface area (Å²) >= 11 is 0. The first-order valence-corrected chi connectivity index (χ1v) is 8.31. The van der Waals surface area contributed by atoms with Crippen LogP contribution in [-0.2, 0) is 9.59 Å². The third kappa shape index (κ3) is 5.67. The monoisotopic (exact) mass is 318 g/mol.